The number of hydrogen-bond acceptors (Lipinski definition) is 4. The molecule has 1 aromatic rings. The van der Waals surface area contributed by atoms with Crippen molar-refractivity contribution in [1.29, 1.82) is 5.26 Å². The van der Waals surface area contributed by atoms with E-state index >= 15 is 0 Å². The fourth-order valence-electron chi connectivity index (χ4n) is 1.16. The Kier molecular flexibility index (Phi) is 3.87. The molecule has 0 aliphatic heterocycles. The van der Waals surface area contributed by atoms with Crippen LogP contribution in [-0.4, -0.2) is 12.1 Å². The quantitative estimate of drug-likeness (QED) is 0.740. The van der Waals surface area contributed by atoms with Crippen LogP contribution in [-0.2, 0) is 11.2 Å². The third-order valence-electron chi connectivity index (χ3n) is 1.79. The number of nitriles is 1. The first-order valence-corrected chi connectivity index (χ1v) is 5.64. The molecule has 1 heterocycles. The van der Waals surface area contributed by atoms with Crippen LogP contribution in [0.4, 0.5) is 0 Å². The molecule has 0 saturated carbocycles. The van der Waals surface area contributed by atoms with E-state index in [9.17, 15) is 4.79 Å². The highest BCUT2D eigenvalue weighted by atomic mass is 32.1. The van der Waals surface area contributed by atoms with Crippen LogP contribution in [0.5, 0.6) is 0 Å². The van der Waals surface area contributed by atoms with Gasteiger partial charge in [-0.3, -0.25) is 0 Å². The van der Waals surface area contributed by atoms with Crippen LogP contribution in [0.15, 0.2) is 6.07 Å². The Morgan fingerprint density at radius 3 is 2.73 bits per heavy atom. The molecule has 1 rings (SSSR count). The van der Waals surface area contributed by atoms with Gasteiger partial charge in [0.05, 0.1) is 11.7 Å². The molecule has 0 bridgehead atoms. The van der Waals surface area contributed by atoms with Crippen LogP contribution in [0, 0.1) is 11.3 Å². The monoisotopic (exact) mass is 223 g/mol. The van der Waals surface area contributed by atoms with E-state index in [0.29, 0.717) is 10.4 Å². The SMILES string of the molecule is CCc1sc(C(=O)OC(C)C)cc1C#N. The maximum absolute atomic E-state index is 11.5. The topological polar surface area (TPSA) is 50.1 Å². The summed E-state index contributed by atoms with van der Waals surface area (Å²) in [7, 11) is 0. The van der Waals surface area contributed by atoms with E-state index in [1.54, 1.807) is 19.9 Å². The summed E-state index contributed by atoms with van der Waals surface area (Å²) < 4.78 is 5.06. The van der Waals surface area contributed by atoms with Gasteiger partial charge in [-0.2, -0.15) is 5.26 Å². The summed E-state index contributed by atoms with van der Waals surface area (Å²) in [5.74, 6) is -0.341. The molecule has 0 spiro atoms. The summed E-state index contributed by atoms with van der Waals surface area (Å²) in [4.78, 5) is 13.0. The maximum atomic E-state index is 11.5. The highest BCUT2D eigenvalue weighted by molar-refractivity contribution is 7.14. The summed E-state index contributed by atoms with van der Waals surface area (Å²) in [5.41, 5.74) is 0.582. The number of aryl methyl sites for hydroxylation is 1. The second kappa shape index (κ2) is 4.94. The molecule has 0 saturated heterocycles. The Morgan fingerprint density at radius 2 is 2.33 bits per heavy atom. The number of esters is 1. The minimum Gasteiger partial charge on any atom is -0.459 e. The van der Waals surface area contributed by atoms with Crippen molar-refractivity contribution in [2.75, 3.05) is 0 Å². The largest absolute Gasteiger partial charge is 0.459 e. The van der Waals surface area contributed by atoms with Gasteiger partial charge in [0.15, 0.2) is 0 Å². The lowest BCUT2D eigenvalue weighted by Gasteiger charge is -2.05. The zero-order chi connectivity index (χ0) is 11.4. The van der Waals surface area contributed by atoms with E-state index in [2.05, 4.69) is 6.07 Å². The molecule has 0 aliphatic rings. The normalized spacial score (nSPS) is 10.1. The third kappa shape index (κ3) is 2.80. The second-order valence-electron chi connectivity index (χ2n) is 3.37. The molecule has 0 fully saturated rings. The molecule has 80 valence electrons. The van der Waals surface area contributed by atoms with E-state index in [1.807, 2.05) is 6.92 Å². The lowest BCUT2D eigenvalue weighted by Crippen LogP contribution is -2.09. The molecule has 0 aromatic carbocycles. The summed E-state index contributed by atoms with van der Waals surface area (Å²) >= 11 is 1.34. The van der Waals surface area contributed by atoms with Crippen molar-refractivity contribution in [2.45, 2.75) is 33.3 Å². The molecular formula is C11H13NO2S. The second-order valence-corrected chi connectivity index (χ2v) is 4.50. The van der Waals surface area contributed by atoms with Crippen molar-refractivity contribution in [3.63, 3.8) is 0 Å². The first-order valence-electron chi connectivity index (χ1n) is 4.82. The minimum atomic E-state index is -0.341. The Hall–Kier alpha value is -1.34. The smallest absolute Gasteiger partial charge is 0.348 e. The number of carbonyl (C=O) groups excluding carboxylic acids is 1. The number of hydrogen-bond donors (Lipinski definition) is 0. The fourth-order valence-corrected chi connectivity index (χ4v) is 2.09. The predicted octanol–water partition coefficient (Wildman–Crippen LogP) is 2.75. The number of ether oxygens (including phenoxy) is 1. The lowest BCUT2D eigenvalue weighted by molar-refractivity contribution is 0.0384. The van der Waals surface area contributed by atoms with Gasteiger partial charge < -0.3 is 4.74 Å². The lowest BCUT2D eigenvalue weighted by atomic mass is 10.2. The van der Waals surface area contributed by atoms with Crippen molar-refractivity contribution in [3.05, 3.63) is 21.4 Å². The van der Waals surface area contributed by atoms with Crippen molar-refractivity contribution < 1.29 is 9.53 Å². The summed E-state index contributed by atoms with van der Waals surface area (Å²) in [6.07, 6.45) is 0.637. The van der Waals surface area contributed by atoms with Crippen molar-refractivity contribution in [2.24, 2.45) is 0 Å². The van der Waals surface area contributed by atoms with Crippen LogP contribution in [0.2, 0.25) is 0 Å². The molecule has 0 unspecified atom stereocenters. The molecule has 0 radical (unpaired) electrons. The first-order chi connectivity index (χ1) is 7.08. The van der Waals surface area contributed by atoms with E-state index in [4.69, 9.17) is 10.00 Å². The van der Waals surface area contributed by atoms with Crippen LogP contribution < -0.4 is 0 Å². The Labute approximate surface area is 93.3 Å². The highest BCUT2D eigenvalue weighted by Gasteiger charge is 2.15. The van der Waals surface area contributed by atoms with E-state index in [-0.39, 0.29) is 12.1 Å². The van der Waals surface area contributed by atoms with Crippen molar-refractivity contribution in [1.82, 2.24) is 0 Å². The van der Waals surface area contributed by atoms with Crippen molar-refractivity contribution >= 4 is 17.3 Å². The molecule has 4 heteroatoms. The molecule has 0 amide bonds. The minimum absolute atomic E-state index is 0.129. The van der Waals surface area contributed by atoms with Gasteiger partial charge in [-0.25, -0.2) is 4.79 Å². The Morgan fingerprint density at radius 1 is 1.67 bits per heavy atom. The van der Waals surface area contributed by atoms with Crippen LogP contribution in [0.3, 0.4) is 0 Å². The third-order valence-corrected chi connectivity index (χ3v) is 3.05. The highest BCUT2D eigenvalue weighted by Crippen LogP contribution is 2.23. The van der Waals surface area contributed by atoms with Gasteiger partial charge in [-0.15, -0.1) is 11.3 Å². The van der Waals surface area contributed by atoms with Gasteiger partial charge in [0, 0.05) is 4.88 Å². The summed E-state index contributed by atoms with van der Waals surface area (Å²) in [6, 6.07) is 3.68. The van der Waals surface area contributed by atoms with Gasteiger partial charge in [-0.05, 0) is 26.3 Å². The molecule has 15 heavy (non-hydrogen) atoms. The summed E-state index contributed by atoms with van der Waals surface area (Å²) in [5, 5.41) is 8.83. The predicted molar refractivity (Wildman–Crippen MR) is 59.0 cm³/mol. The number of thiophene rings is 1. The van der Waals surface area contributed by atoms with Gasteiger partial charge in [0.25, 0.3) is 0 Å². The fraction of sp³-hybridized carbons (Fsp3) is 0.455. The molecule has 0 N–H and O–H groups in total. The van der Waals surface area contributed by atoms with E-state index in [1.165, 1.54) is 11.3 Å². The van der Waals surface area contributed by atoms with Crippen LogP contribution >= 0.6 is 11.3 Å². The zero-order valence-corrected chi connectivity index (χ0v) is 9.85. The Balaban J connectivity index is 2.92. The van der Waals surface area contributed by atoms with Gasteiger partial charge in [0.2, 0.25) is 0 Å². The molecular weight excluding hydrogens is 210 g/mol. The molecule has 0 aliphatic carbocycles. The zero-order valence-electron chi connectivity index (χ0n) is 9.03. The molecule has 1 aromatic heterocycles. The average molecular weight is 223 g/mol. The molecule has 0 atom stereocenters. The number of rotatable bonds is 3. The van der Waals surface area contributed by atoms with Gasteiger partial charge in [0.1, 0.15) is 10.9 Å². The Bertz CT molecular complexity index is 401. The van der Waals surface area contributed by atoms with Crippen LogP contribution in [0.25, 0.3) is 0 Å². The summed E-state index contributed by atoms with van der Waals surface area (Å²) in [6.45, 7) is 5.57. The van der Waals surface area contributed by atoms with Crippen LogP contribution in [0.1, 0.15) is 40.9 Å². The maximum Gasteiger partial charge on any atom is 0.348 e. The van der Waals surface area contributed by atoms with Gasteiger partial charge >= 0.3 is 5.97 Å². The van der Waals surface area contributed by atoms with E-state index in [0.717, 1.165) is 11.3 Å². The van der Waals surface area contributed by atoms with E-state index < -0.39 is 0 Å². The van der Waals surface area contributed by atoms with Crippen molar-refractivity contribution in [3.8, 4) is 6.07 Å². The first kappa shape index (κ1) is 11.7. The number of nitrogens with zero attached hydrogens (tertiary/aromatic N) is 1. The van der Waals surface area contributed by atoms with Gasteiger partial charge in [-0.1, -0.05) is 6.92 Å². The standard InChI is InChI=1S/C11H13NO2S/c1-4-9-8(6-12)5-10(15-9)11(13)14-7(2)3/h5,7H,4H2,1-3H3. The molecule has 3 nitrogen and oxygen atoms in total. The number of carbonyl (C=O) groups is 1. The average Bonchev–Trinajstić information content (AvgIpc) is 2.59.